The highest BCUT2D eigenvalue weighted by atomic mass is 35.5. The summed E-state index contributed by atoms with van der Waals surface area (Å²) >= 11 is 0. The molecule has 2 N–H and O–H groups in total. The predicted molar refractivity (Wildman–Crippen MR) is 50.8 cm³/mol. The highest BCUT2D eigenvalue weighted by Crippen LogP contribution is 2.20. The van der Waals surface area contributed by atoms with Gasteiger partial charge in [0.2, 0.25) is 0 Å². The van der Waals surface area contributed by atoms with Crippen molar-refractivity contribution >= 4 is 12.4 Å². The molecule has 0 aliphatic heterocycles. The van der Waals surface area contributed by atoms with E-state index < -0.39 is 17.7 Å². The Morgan fingerprint density at radius 1 is 1.31 bits per heavy atom. The van der Waals surface area contributed by atoms with Crippen LogP contribution < -0.4 is 5.73 Å². The third-order valence-corrected chi connectivity index (χ3v) is 1.81. The number of halogens is 3. The van der Waals surface area contributed by atoms with Gasteiger partial charge < -0.3 is 5.73 Å². The van der Waals surface area contributed by atoms with E-state index in [-0.39, 0.29) is 18.0 Å². The van der Waals surface area contributed by atoms with E-state index >= 15 is 0 Å². The van der Waals surface area contributed by atoms with Crippen molar-refractivity contribution in [3.63, 3.8) is 0 Å². The molecule has 0 spiro atoms. The monoisotopic (exact) mass is 207 g/mol. The average Bonchev–Trinajstić information content (AvgIpc) is 2.03. The van der Waals surface area contributed by atoms with Gasteiger partial charge in [-0.05, 0) is 18.6 Å². The second kappa shape index (κ2) is 5.14. The van der Waals surface area contributed by atoms with E-state index in [1.807, 2.05) is 0 Å². The molecule has 1 nitrogen and oxygen atoms in total. The van der Waals surface area contributed by atoms with Crippen LogP contribution in [0.2, 0.25) is 0 Å². The summed E-state index contributed by atoms with van der Waals surface area (Å²) in [6.45, 7) is 1.79. The molecular formula is C9H12ClF2N. The van der Waals surface area contributed by atoms with Crippen molar-refractivity contribution in [2.24, 2.45) is 5.73 Å². The molecule has 1 unspecified atom stereocenters. The topological polar surface area (TPSA) is 26.0 Å². The van der Waals surface area contributed by atoms with Crippen LogP contribution in [0.3, 0.4) is 0 Å². The van der Waals surface area contributed by atoms with Crippen LogP contribution in [-0.2, 0) is 0 Å². The standard InChI is InChI=1S/C9H11F2N.ClH/c1-2-8(12)9-6(10)4-3-5-7(9)11;/h3-5,8H,2,12H2,1H3;1H. The Balaban J connectivity index is 0.00000144. The highest BCUT2D eigenvalue weighted by Gasteiger charge is 2.13. The van der Waals surface area contributed by atoms with Crippen LogP contribution in [0.1, 0.15) is 24.9 Å². The van der Waals surface area contributed by atoms with E-state index in [9.17, 15) is 8.78 Å². The third kappa shape index (κ3) is 2.64. The number of rotatable bonds is 2. The Hall–Kier alpha value is -0.670. The van der Waals surface area contributed by atoms with Crippen LogP contribution in [0.4, 0.5) is 8.78 Å². The SMILES string of the molecule is CCC(N)c1c(F)cccc1F.Cl. The maximum Gasteiger partial charge on any atom is 0.130 e. The van der Waals surface area contributed by atoms with E-state index in [4.69, 9.17) is 5.73 Å². The van der Waals surface area contributed by atoms with Crippen LogP contribution in [0.15, 0.2) is 18.2 Å². The summed E-state index contributed by atoms with van der Waals surface area (Å²) in [6.07, 6.45) is 0.526. The molecule has 0 aromatic heterocycles. The van der Waals surface area contributed by atoms with Crippen molar-refractivity contribution in [1.82, 2.24) is 0 Å². The van der Waals surface area contributed by atoms with Gasteiger partial charge in [-0.15, -0.1) is 12.4 Å². The maximum atomic E-state index is 13.0. The molecule has 0 aliphatic rings. The molecule has 0 bridgehead atoms. The number of benzene rings is 1. The molecular weight excluding hydrogens is 196 g/mol. The Morgan fingerprint density at radius 3 is 2.15 bits per heavy atom. The van der Waals surface area contributed by atoms with E-state index in [0.29, 0.717) is 6.42 Å². The summed E-state index contributed by atoms with van der Waals surface area (Å²) in [5.74, 6) is -1.13. The molecule has 0 radical (unpaired) electrons. The van der Waals surface area contributed by atoms with Gasteiger partial charge in [-0.3, -0.25) is 0 Å². The lowest BCUT2D eigenvalue weighted by molar-refractivity contribution is 0.520. The Bertz CT molecular complexity index is 258. The fraction of sp³-hybridized carbons (Fsp3) is 0.333. The van der Waals surface area contributed by atoms with E-state index in [2.05, 4.69) is 0 Å². The molecule has 0 amide bonds. The molecule has 74 valence electrons. The first-order valence-corrected chi connectivity index (χ1v) is 3.86. The molecule has 0 saturated carbocycles. The van der Waals surface area contributed by atoms with Crippen LogP contribution in [0.5, 0.6) is 0 Å². The molecule has 0 fully saturated rings. The highest BCUT2D eigenvalue weighted by molar-refractivity contribution is 5.85. The zero-order valence-corrected chi connectivity index (χ0v) is 8.07. The molecule has 0 heterocycles. The van der Waals surface area contributed by atoms with Gasteiger partial charge in [-0.25, -0.2) is 8.78 Å². The minimum atomic E-state index is -0.565. The van der Waals surface area contributed by atoms with Crippen molar-refractivity contribution in [1.29, 1.82) is 0 Å². The van der Waals surface area contributed by atoms with Gasteiger partial charge >= 0.3 is 0 Å². The molecule has 1 atom stereocenters. The first-order valence-electron chi connectivity index (χ1n) is 3.86. The molecule has 1 rings (SSSR count). The zero-order valence-electron chi connectivity index (χ0n) is 7.26. The van der Waals surface area contributed by atoms with Crippen LogP contribution in [0, 0.1) is 11.6 Å². The van der Waals surface area contributed by atoms with Gasteiger partial charge in [0.1, 0.15) is 11.6 Å². The smallest absolute Gasteiger partial charge is 0.130 e. The summed E-state index contributed by atoms with van der Waals surface area (Å²) in [5.41, 5.74) is 5.50. The predicted octanol–water partition coefficient (Wildman–Crippen LogP) is 2.80. The fourth-order valence-corrected chi connectivity index (χ4v) is 1.07. The van der Waals surface area contributed by atoms with Crippen LogP contribution in [0.25, 0.3) is 0 Å². The summed E-state index contributed by atoms with van der Waals surface area (Å²) in [5, 5.41) is 0. The maximum absolute atomic E-state index is 13.0. The van der Waals surface area contributed by atoms with Crippen molar-refractivity contribution in [3.8, 4) is 0 Å². The second-order valence-electron chi connectivity index (χ2n) is 2.65. The van der Waals surface area contributed by atoms with Crippen molar-refractivity contribution < 1.29 is 8.78 Å². The van der Waals surface area contributed by atoms with Gasteiger partial charge in [-0.1, -0.05) is 13.0 Å². The van der Waals surface area contributed by atoms with Gasteiger partial charge in [0.05, 0.1) is 0 Å². The van der Waals surface area contributed by atoms with E-state index in [1.165, 1.54) is 18.2 Å². The summed E-state index contributed by atoms with van der Waals surface area (Å²) < 4.78 is 25.9. The largest absolute Gasteiger partial charge is 0.324 e. The Kier molecular flexibility index (Phi) is 4.88. The van der Waals surface area contributed by atoms with Gasteiger partial charge in [0, 0.05) is 11.6 Å². The average molecular weight is 208 g/mol. The molecule has 0 saturated heterocycles. The van der Waals surface area contributed by atoms with Crippen molar-refractivity contribution in [2.45, 2.75) is 19.4 Å². The number of nitrogens with two attached hydrogens (primary N) is 1. The summed E-state index contributed by atoms with van der Waals surface area (Å²) in [4.78, 5) is 0. The normalized spacial score (nSPS) is 12.0. The fourth-order valence-electron chi connectivity index (χ4n) is 1.07. The molecule has 13 heavy (non-hydrogen) atoms. The van der Waals surface area contributed by atoms with Gasteiger partial charge in [-0.2, -0.15) is 0 Å². The summed E-state index contributed by atoms with van der Waals surface area (Å²) in [7, 11) is 0. The third-order valence-electron chi connectivity index (χ3n) is 1.81. The zero-order chi connectivity index (χ0) is 9.14. The van der Waals surface area contributed by atoms with Crippen LogP contribution >= 0.6 is 12.4 Å². The van der Waals surface area contributed by atoms with E-state index in [1.54, 1.807) is 6.92 Å². The number of hydrogen-bond acceptors (Lipinski definition) is 1. The first kappa shape index (κ1) is 12.3. The Labute approximate surface area is 82.4 Å². The minimum Gasteiger partial charge on any atom is -0.324 e. The number of hydrogen-bond donors (Lipinski definition) is 1. The lowest BCUT2D eigenvalue weighted by atomic mass is 10.0. The lowest BCUT2D eigenvalue weighted by Crippen LogP contribution is -2.12. The van der Waals surface area contributed by atoms with Crippen LogP contribution in [-0.4, -0.2) is 0 Å². The summed E-state index contributed by atoms with van der Waals surface area (Å²) in [6, 6.07) is 3.21. The molecule has 0 aliphatic carbocycles. The first-order chi connectivity index (χ1) is 5.66. The molecule has 1 aromatic carbocycles. The van der Waals surface area contributed by atoms with Gasteiger partial charge in [0.25, 0.3) is 0 Å². The van der Waals surface area contributed by atoms with E-state index in [0.717, 1.165) is 0 Å². The lowest BCUT2D eigenvalue weighted by Gasteiger charge is -2.10. The van der Waals surface area contributed by atoms with Crippen molar-refractivity contribution in [2.75, 3.05) is 0 Å². The molecule has 1 aromatic rings. The van der Waals surface area contributed by atoms with Crippen molar-refractivity contribution in [3.05, 3.63) is 35.4 Å². The Morgan fingerprint density at radius 2 is 1.77 bits per heavy atom. The molecule has 4 heteroatoms. The van der Waals surface area contributed by atoms with Gasteiger partial charge in [0.15, 0.2) is 0 Å². The minimum absolute atomic E-state index is 0. The second-order valence-corrected chi connectivity index (χ2v) is 2.65. The quantitative estimate of drug-likeness (QED) is 0.793.